The Labute approximate surface area is 240 Å². The first-order chi connectivity index (χ1) is 19.7. The van der Waals surface area contributed by atoms with E-state index in [1.54, 1.807) is 38.4 Å². The van der Waals surface area contributed by atoms with Crippen LogP contribution in [0.5, 0.6) is 5.75 Å². The summed E-state index contributed by atoms with van der Waals surface area (Å²) in [5.74, 6) is -1.22. The van der Waals surface area contributed by atoms with Crippen molar-refractivity contribution in [2.45, 2.75) is 63.9 Å². The van der Waals surface area contributed by atoms with Gasteiger partial charge in [-0.15, -0.1) is 0 Å². The van der Waals surface area contributed by atoms with Crippen LogP contribution in [0.2, 0.25) is 0 Å². The Kier molecular flexibility index (Phi) is 9.78. The lowest BCUT2D eigenvalue weighted by atomic mass is 10.0. The molecule has 3 aliphatic heterocycles. The summed E-state index contributed by atoms with van der Waals surface area (Å²) in [6.07, 6.45) is 3.34. The van der Waals surface area contributed by atoms with Gasteiger partial charge < -0.3 is 30.9 Å². The number of carbonyl (C=O) groups excluding carboxylic acids is 4. The van der Waals surface area contributed by atoms with Crippen LogP contribution in [0.3, 0.4) is 0 Å². The van der Waals surface area contributed by atoms with Crippen LogP contribution in [-0.4, -0.2) is 72.4 Å². The molecule has 1 fully saturated rings. The van der Waals surface area contributed by atoms with Crippen LogP contribution in [-0.2, 0) is 25.6 Å². The van der Waals surface area contributed by atoms with Gasteiger partial charge in [0.2, 0.25) is 23.6 Å². The van der Waals surface area contributed by atoms with Crippen LogP contribution in [0, 0.1) is 5.92 Å². The van der Waals surface area contributed by atoms with Crippen LogP contribution in [0.25, 0.3) is 6.08 Å². The van der Waals surface area contributed by atoms with Crippen molar-refractivity contribution in [3.05, 3.63) is 71.9 Å². The number of hydrogen-bond acceptors (Lipinski definition) is 6. The van der Waals surface area contributed by atoms with E-state index in [-0.39, 0.29) is 36.6 Å². The lowest BCUT2D eigenvalue weighted by Gasteiger charge is -2.33. The highest BCUT2D eigenvalue weighted by Gasteiger charge is 2.46. The van der Waals surface area contributed by atoms with Crippen molar-refractivity contribution in [3.8, 4) is 5.75 Å². The number of benzene rings is 2. The summed E-state index contributed by atoms with van der Waals surface area (Å²) in [5.41, 5.74) is 1.74. The van der Waals surface area contributed by atoms with Gasteiger partial charge in [-0.1, -0.05) is 56.3 Å². The van der Waals surface area contributed by atoms with Gasteiger partial charge in [0.05, 0.1) is 6.04 Å². The summed E-state index contributed by atoms with van der Waals surface area (Å²) in [6, 6.07) is 13.5. The van der Waals surface area contributed by atoms with Crippen molar-refractivity contribution in [1.29, 1.82) is 0 Å². The van der Waals surface area contributed by atoms with Gasteiger partial charge in [-0.2, -0.15) is 0 Å². The number of nitrogens with zero attached hydrogens (tertiary/aromatic N) is 1. The van der Waals surface area contributed by atoms with E-state index in [0.29, 0.717) is 12.2 Å². The van der Waals surface area contributed by atoms with E-state index in [1.165, 1.54) is 4.90 Å². The molecular weight excluding hydrogens is 522 g/mol. The van der Waals surface area contributed by atoms with Crippen molar-refractivity contribution in [1.82, 2.24) is 26.2 Å². The fourth-order valence-corrected chi connectivity index (χ4v) is 5.02. The van der Waals surface area contributed by atoms with E-state index < -0.39 is 36.2 Å². The van der Waals surface area contributed by atoms with E-state index >= 15 is 0 Å². The monoisotopic (exact) mass is 561 g/mol. The molecule has 41 heavy (non-hydrogen) atoms. The first-order valence-electron chi connectivity index (χ1n) is 14.0. The molecule has 3 aliphatic rings. The minimum atomic E-state index is -1.01. The molecule has 1 saturated heterocycles. The lowest BCUT2D eigenvalue weighted by Crippen LogP contribution is -2.60. The zero-order chi connectivity index (χ0) is 29.5. The molecule has 10 nitrogen and oxygen atoms in total. The molecule has 4 amide bonds. The second-order valence-corrected chi connectivity index (χ2v) is 10.8. The molecule has 5 atom stereocenters. The van der Waals surface area contributed by atoms with Crippen LogP contribution in [0.1, 0.15) is 38.3 Å². The molecule has 10 heteroatoms. The minimum absolute atomic E-state index is 0.229. The fourth-order valence-electron chi connectivity index (χ4n) is 5.02. The van der Waals surface area contributed by atoms with Crippen molar-refractivity contribution in [2.75, 3.05) is 13.6 Å². The Morgan fingerprint density at radius 3 is 2.39 bits per heavy atom. The van der Waals surface area contributed by atoms with Gasteiger partial charge in [-0.05, 0) is 49.2 Å². The summed E-state index contributed by atoms with van der Waals surface area (Å²) in [7, 11) is 1.67. The Balaban J connectivity index is 1.67. The van der Waals surface area contributed by atoms with Crippen LogP contribution in [0.4, 0.5) is 0 Å². The van der Waals surface area contributed by atoms with Gasteiger partial charge in [0.15, 0.2) is 0 Å². The number of hydrogen-bond donors (Lipinski definition) is 4. The van der Waals surface area contributed by atoms with Gasteiger partial charge in [0, 0.05) is 25.6 Å². The normalized spacial score (nSPS) is 22.2. The summed E-state index contributed by atoms with van der Waals surface area (Å²) in [5, 5.41) is 11.4. The molecule has 0 aromatic heterocycles. The standard InChI is InChI=1S/C31H39N5O5/c1-19(2)26(35-28(37)20(3)32-4)31(40)36-17-15-25-27(36)30(39)34-24(18-22-8-6-5-7-9-22)29(38)33-16-14-21-10-12-23(41-25)13-11-21/h5-14,16,19-20,24-27,32H,15,17-18H2,1-4H3,(H,33,38)(H,34,39)(H,35,37)/t20-,24?,25-,26-,27-/m0/s1. The van der Waals surface area contributed by atoms with Crippen LogP contribution in [0.15, 0.2) is 60.8 Å². The molecule has 0 spiro atoms. The van der Waals surface area contributed by atoms with Gasteiger partial charge in [0.25, 0.3) is 0 Å². The van der Waals surface area contributed by atoms with Gasteiger partial charge in [0.1, 0.15) is 30.0 Å². The molecule has 218 valence electrons. The second kappa shape index (κ2) is 13.5. The third-order valence-electron chi connectivity index (χ3n) is 7.54. The maximum absolute atomic E-state index is 14.0. The van der Waals surface area contributed by atoms with Gasteiger partial charge >= 0.3 is 0 Å². The third kappa shape index (κ3) is 7.32. The van der Waals surface area contributed by atoms with Crippen molar-refractivity contribution in [2.24, 2.45) is 5.92 Å². The molecule has 4 N–H and O–H groups in total. The molecule has 0 saturated carbocycles. The number of nitrogens with one attached hydrogen (secondary N) is 4. The SMILES string of the molecule is CN[C@@H](C)C(=O)N[C@H](C(=O)N1CC[C@@H]2Oc3ccc(cc3)C=CNC(=O)C(Cc3ccccc3)NC(=O)[C@H]21)C(C)C. The van der Waals surface area contributed by atoms with E-state index in [2.05, 4.69) is 21.3 Å². The lowest BCUT2D eigenvalue weighted by molar-refractivity contribution is -0.144. The maximum Gasteiger partial charge on any atom is 0.247 e. The predicted molar refractivity (Wildman–Crippen MR) is 156 cm³/mol. The Morgan fingerprint density at radius 2 is 1.73 bits per heavy atom. The maximum atomic E-state index is 14.0. The summed E-state index contributed by atoms with van der Waals surface area (Å²) >= 11 is 0. The van der Waals surface area contributed by atoms with Crippen LogP contribution >= 0.6 is 0 Å². The molecule has 0 radical (unpaired) electrons. The number of fused-ring (bicyclic) bond motifs is 7. The molecule has 5 rings (SSSR count). The Hall–Kier alpha value is -4.18. The number of amides is 4. The molecule has 3 heterocycles. The smallest absolute Gasteiger partial charge is 0.247 e. The molecule has 2 aromatic rings. The molecule has 2 bridgehead atoms. The first kappa shape index (κ1) is 29.8. The van der Waals surface area contributed by atoms with E-state index in [1.807, 2.05) is 56.3 Å². The number of ether oxygens (including phenoxy) is 1. The summed E-state index contributed by atoms with van der Waals surface area (Å²) in [4.78, 5) is 55.3. The van der Waals surface area contributed by atoms with Crippen LogP contribution < -0.4 is 26.0 Å². The number of likely N-dealkylation sites (tertiary alicyclic amines) is 1. The molecule has 2 aromatic carbocycles. The molecular formula is C31H39N5O5. The zero-order valence-corrected chi connectivity index (χ0v) is 23.9. The largest absolute Gasteiger partial charge is 0.488 e. The summed E-state index contributed by atoms with van der Waals surface area (Å²) in [6.45, 7) is 5.66. The van der Waals surface area contributed by atoms with Gasteiger partial charge in [-0.25, -0.2) is 0 Å². The molecule has 1 unspecified atom stereocenters. The Bertz CT molecular complexity index is 1260. The van der Waals surface area contributed by atoms with Gasteiger partial charge in [-0.3, -0.25) is 19.2 Å². The number of likely N-dealkylation sites (N-methyl/N-ethyl adjacent to an activating group) is 1. The van der Waals surface area contributed by atoms with Crippen molar-refractivity contribution < 1.29 is 23.9 Å². The topological polar surface area (TPSA) is 129 Å². The first-order valence-corrected chi connectivity index (χ1v) is 14.0. The third-order valence-corrected chi connectivity index (χ3v) is 7.54. The highest BCUT2D eigenvalue weighted by atomic mass is 16.5. The van der Waals surface area contributed by atoms with E-state index in [0.717, 1.165) is 11.1 Å². The Morgan fingerprint density at radius 1 is 1.02 bits per heavy atom. The minimum Gasteiger partial charge on any atom is -0.488 e. The highest BCUT2D eigenvalue weighted by Crippen LogP contribution is 2.27. The number of rotatable bonds is 7. The van der Waals surface area contributed by atoms with Crippen molar-refractivity contribution in [3.63, 3.8) is 0 Å². The fraction of sp³-hybridized carbons (Fsp3) is 0.419. The highest BCUT2D eigenvalue weighted by molar-refractivity contribution is 5.96. The summed E-state index contributed by atoms with van der Waals surface area (Å²) < 4.78 is 6.27. The van der Waals surface area contributed by atoms with Crippen molar-refractivity contribution >= 4 is 29.7 Å². The average molecular weight is 562 g/mol. The zero-order valence-electron chi connectivity index (χ0n) is 23.9. The number of carbonyl (C=O) groups is 4. The second-order valence-electron chi connectivity index (χ2n) is 10.8. The quantitative estimate of drug-likeness (QED) is 0.407. The van der Waals surface area contributed by atoms with E-state index in [9.17, 15) is 19.2 Å². The molecule has 0 aliphatic carbocycles. The predicted octanol–water partition coefficient (Wildman–Crippen LogP) is 1.61. The van der Waals surface area contributed by atoms with E-state index in [4.69, 9.17) is 4.74 Å². The average Bonchev–Trinajstić information content (AvgIpc) is 3.39.